The Hall–Kier alpha value is -2.11. The van der Waals surface area contributed by atoms with Crippen LogP contribution in [-0.4, -0.2) is 29.7 Å². The zero-order valence-electron chi connectivity index (χ0n) is 12.7. The molecule has 0 aromatic heterocycles. The zero-order chi connectivity index (χ0) is 16.2. The molecule has 2 amide bonds. The summed E-state index contributed by atoms with van der Waals surface area (Å²) in [6.07, 6.45) is 0. The largest absolute Gasteiger partial charge is 0.480 e. The summed E-state index contributed by atoms with van der Waals surface area (Å²) in [6.45, 7) is 7.31. The summed E-state index contributed by atoms with van der Waals surface area (Å²) < 4.78 is 12.9. The smallest absolute Gasteiger partial charge is 0.326 e. The van der Waals surface area contributed by atoms with Crippen molar-refractivity contribution in [3.8, 4) is 0 Å². The average Bonchev–Trinajstić information content (AvgIpc) is 2.37. The molecule has 6 heteroatoms. The van der Waals surface area contributed by atoms with Gasteiger partial charge < -0.3 is 10.4 Å². The first-order valence-electron chi connectivity index (χ1n) is 6.73. The van der Waals surface area contributed by atoms with E-state index in [9.17, 15) is 19.1 Å². The number of anilines is 1. The molecular weight excluding hydrogens is 275 g/mol. The summed E-state index contributed by atoms with van der Waals surface area (Å²) in [5, 5.41) is 11.8. The van der Waals surface area contributed by atoms with Gasteiger partial charge in [-0.15, -0.1) is 0 Å². The van der Waals surface area contributed by atoms with E-state index in [4.69, 9.17) is 0 Å². The summed E-state index contributed by atoms with van der Waals surface area (Å²) in [5.41, 5.74) is -0.113. The van der Waals surface area contributed by atoms with Crippen LogP contribution in [0.4, 0.5) is 14.9 Å². The normalized spacial score (nSPS) is 12.6. The van der Waals surface area contributed by atoms with Gasteiger partial charge in [0.05, 0.1) is 0 Å². The highest BCUT2D eigenvalue weighted by Crippen LogP contribution is 2.21. The van der Waals surface area contributed by atoms with Crippen LogP contribution in [0.5, 0.6) is 0 Å². The van der Waals surface area contributed by atoms with Gasteiger partial charge in [0.2, 0.25) is 0 Å². The molecule has 0 radical (unpaired) electrons. The minimum atomic E-state index is -1.09. The van der Waals surface area contributed by atoms with Crippen LogP contribution in [0.2, 0.25) is 0 Å². The van der Waals surface area contributed by atoms with Gasteiger partial charge in [-0.3, -0.25) is 4.90 Å². The Labute approximate surface area is 123 Å². The predicted molar refractivity (Wildman–Crippen MR) is 78.8 cm³/mol. The lowest BCUT2D eigenvalue weighted by molar-refractivity contribution is -0.141. The van der Waals surface area contributed by atoms with Crippen LogP contribution in [0.25, 0.3) is 0 Å². The lowest BCUT2D eigenvalue weighted by Gasteiger charge is -2.30. The van der Waals surface area contributed by atoms with Crippen molar-refractivity contribution in [3.63, 3.8) is 0 Å². The van der Waals surface area contributed by atoms with E-state index in [1.54, 1.807) is 27.7 Å². The van der Waals surface area contributed by atoms with Gasteiger partial charge in [-0.2, -0.15) is 0 Å². The molecule has 116 valence electrons. The van der Waals surface area contributed by atoms with Crippen molar-refractivity contribution in [2.75, 3.05) is 11.4 Å². The number of urea groups is 1. The summed E-state index contributed by atoms with van der Waals surface area (Å²) in [6, 6.07) is 3.93. The third kappa shape index (κ3) is 4.44. The molecule has 1 aromatic rings. The molecular formula is C15H21FN2O3. The number of benzene rings is 1. The number of carboxylic acids is 1. The van der Waals surface area contributed by atoms with E-state index in [2.05, 4.69) is 5.32 Å². The molecule has 0 saturated carbocycles. The molecule has 2 N–H and O–H groups in total. The van der Waals surface area contributed by atoms with E-state index < -0.39 is 29.3 Å². The number of carboxylic acid groups (broad SMARTS) is 1. The first-order valence-corrected chi connectivity index (χ1v) is 6.73. The molecule has 0 spiro atoms. The van der Waals surface area contributed by atoms with Gasteiger partial charge in [-0.1, -0.05) is 20.8 Å². The maximum Gasteiger partial charge on any atom is 0.326 e. The standard InChI is InChI=1S/C15H21FN2O3/c1-5-18(11-8-6-10(16)7-9-11)14(21)17-12(13(19)20)15(2,3)4/h6-9,12H,5H2,1-4H3,(H,17,21)(H,19,20). The SMILES string of the molecule is CCN(C(=O)NC(C(=O)O)C(C)(C)C)c1ccc(F)cc1. The van der Waals surface area contributed by atoms with E-state index in [-0.39, 0.29) is 0 Å². The van der Waals surface area contributed by atoms with Crippen LogP contribution in [-0.2, 0) is 4.79 Å². The highest BCUT2D eigenvalue weighted by molar-refractivity contribution is 5.94. The monoisotopic (exact) mass is 296 g/mol. The van der Waals surface area contributed by atoms with Crippen molar-refractivity contribution in [1.82, 2.24) is 5.32 Å². The van der Waals surface area contributed by atoms with Crippen LogP contribution in [0.15, 0.2) is 24.3 Å². The Balaban J connectivity index is 2.93. The Morgan fingerprint density at radius 2 is 1.81 bits per heavy atom. The molecule has 0 saturated heterocycles. The number of nitrogens with one attached hydrogen (secondary N) is 1. The topological polar surface area (TPSA) is 69.6 Å². The van der Waals surface area contributed by atoms with E-state index in [1.807, 2.05) is 0 Å². The first-order chi connectivity index (χ1) is 9.66. The second-order valence-electron chi connectivity index (χ2n) is 5.81. The fraction of sp³-hybridized carbons (Fsp3) is 0.467. The predicted octanol–water partition coefficient (Wildman–Crippen LogP) is 2.86. The Bertz CT molecular complexity index is 509. The summed E-state index contributed by atoms with van der Waals surface area (Å²) in [4.78, 5) is 24.9. The average molecular weight is 296 g/mol. The molecule has 0 aliphatic rings. The van der Waals surface area contributed by atoms with Crippen LogP contribution in [0, 0.1) is 11.2 Å². The van der Waals surface area contributed by atoms with Gasteiger partial charge in [-0.05, 0) is 36.6 Å². The highest BCUT2D eigenvalue weighted by Gasteiger charge is 2.33. The molecule has 0 fully saturated rings. The molecule has 0 aliphatic carbocycles. The van der Waals surface area contributed by atoms with Crippen LogP contribution < -0.4 is 10.2 Å². The lowest BCUT2D eigenvalue weighted by atomic mass is 9.87. The summed E-state index contributed by atoms with van der Waals surface area (Å²) >= 11 is 0. The minimum absolute atomic E-state index is 0.341. The van der Waals surface area contributed by atoms with Crippen LogP contribution in [0.1, 0.15) is 27.7 Å². The van der Waals surface area contributed by atoms with Gasteiger partial charge in [0.15, 0.2) is 0 Å². The van der Waals surface area contributed by atoms with Crippen molar-refractivity contribution in [2.24, 2.45) is 5.41 Å². The lowest BCUT2D eigenvalue weighted by Crippen LogP contribution is -2.53. The quantitative estimate of drug-likeness (QED) is 0.897. The van der Waals surface area contributed by atoms with Crippen LogP contribution >= 0.6 is 0 Å². The molecule has 21 heavy (non-hydrogen) atoms. The second kappa shape index (κ2) is 6.56. The zero-order valence-corrected chi connectivity index (χ0v) is 12.7. The number of nitrogens with zero attached hydrogens (tertiary/aromatic N) is 1. The van der Waals surface area contributed by atoms with Crippen molar-refractivity contribution in [3.05, 3.63) is 30.1 Å². The van der Waals surface area contributed by atoms with Crippen molar-refractivity contribution in [2.45, 2.75) is 33.7 Å². The summed E-state index contributed by atoms with van der Waals surface area (Å²) in [5.74, 6) is -1.49. The van der Waals surface area contributed by atoms with Crippen molar-refractivity contribution in [1.29, 1.82) is 0 Å². The van der Waals surface area contributed by atoms with Gasteiger partial charge >= 0.3 is 12.0 Å². The Morgan fingerprint density at radius 3 is 2.19 bits per heavy atom. The fourth-order valence-corrected chi connectivity index (χ4v) is 1.91. The Kier molecular flexibility index (Phi) is 5.29. The summed E-state index contributed by atoms with van der Waals surface area (Å²) in [7, 11) is 0. The number of halogens is 1. The maximum atomic E-state index is 12.9. The van der Waals surface area contributed by atoms with E-state index in [0.29, 0.717) is 12.2 Å². The van der Waals surface area contributed by atoms with Crippen molar-refractivity contribution < 1.29 is 19.1 Å². The molecule has 0 bridgehead atoms. The van der Waals surface area contributed by atoms with Gasteiger partial charge in [0.25, 0.3) is 0 Å². The molecule has 0 aliphatic heterocycles. The molecule has 1 atom stereocenters. The van der Waals surface area contributed by atoms with E-state index in [0.717, 1.165) is 0 Å². The number of hydrogen-bond acceptors (Lipinski definition) is 2. The number of amides is 2. The number of hydrogen-bond donors (Lipinski definition) is 2. The van der Waals surface area contributed by atoms with Gasteiger partial charge in [-0.25, -0.2) is 14.0 Å². The highest BCUT2D eigenvalue weighted by atomic mass is 19.1. The number of carbonyl (C=O) groups excluding carboxylic acids is 1. The van der Waals surface area contributed by atoms with E-state index >= 15 is 0 Å². The number of aliphatic carboxylic acids is 1. The molecule has 1 rings (SSSR count). The molecule has 1 aromatic carbocycles. The molecule has 1 unspecified atom stereocenters. The van der Waals surface area contributed by atoms with Gasteiger partial charge in [0, 0.05) is 12.2 Å². The molecule has 5 nitrogen and oxygen atoms in total. The van der Waals surface area contributed by atoms with E-state index in [1.165, 1.54) is 29.2 Å². The second-order valence-corrected chi connectivity index (χ2v) is 5.81. The third-order valence-electron chi connectivity index (χ3n) is 3.08. The molecule has 0 heterocycles. The first kappa shape index (κ1) is 16.9. The maximum absolute atomic E-state index is 12.9. The van der Waals surface area contributed by atoms with Crippen LogP contribution in [0.3, 0.4) is 0 Å². The number of carbonyl (C=O) groups is 2. The van der Waals surface area contributed by atoms with Gasteiger partial charge in [0.1, 0.15) is 11.9 Å². The minimum Gasteiger partial charge on any atom is -0.480 e. The fourth-order valence-electron chi connectivity index (χ4n) is 1.91. The van der Waals surface area contributed by atoms with Crippen molar-refractivity contribution >= 4 is 17.7 Å². The number of rotatable bonds is 4. The third-order valence-corrected chi connectivity index (χ3v) is 3.08. The Morgan fingerprint density at radius 1 is 1.29 bits per heavy atom.